The molecule has 0 radical (unpaired) electrons. The molecule has 2 aromatic rings. The predicted octanol–water partition coefficient (Wildman–Crippen LogP) is 3.38. The molecule has 1 saturated heterocycles. The summed E-state index contributed by atoms with van der Waals surface area (Å²) >= 11 is 0. The molecule has 0 aliphatic carbocycles. The van der Waals surface area contributed by atoms with Crippen molar-refractivity contribution < 1.29 is 13.2 Å². The predicted molar refractivity (Wildman–Crippen MR) is 118 cm³/mol. The van der Waals surface area contributed by atoms with Crippen LogP contribution in [0.5, 0.6) is 0 Å². The zero-order valence-electron chi connectivity index (χ0n) is 17.5. The van der Waals surface area contributed by atoms with Gasteiger partial charge in [0.15, 0.2) is 15.6 Å². The quantitative estimate of drug-likeness (QED) is 0.719. The Labute approximate surface area is 172 Å². The van der Waals surface area contributed by atoms with Gasteiger partial charge in [-0.1, -0.05) is 13.8 Å². The molecular weight excluding hydrogens is 386 g/mol. The van der Waals surface area contributed by atoms with Gasteiger partial charge in [0.05, 0.1) is 23.4 Å². The average molecular weight is 414 g/mol. The van der Waals surface area contributed by atoms with Gasteiger partial charge in [0.2, 0.25) is 0 Å². The fourth-order valence-electron chi connectivity index (χ4n) is 4.30. The molecule has 2 aliphatic rings. The van der Waals surface area contributed by atoms with Crippen LogP contribution in [-0.4, -0.2) is 53.9 Å². The first-order valence-corrected chi connectivity index (χ1v) is 11.5. The normalized spacial score (nSPS) is 22.7. The monoisotopic (exact) mass is 413 g/mol. The fourth-order valence-corrected chi connectivity index (χ4v) is 4.94. The van der Waals surface area contributed by atoms with Crippen molar-refractivity contribution >= 4 is 33.1 Å². The van der Waals surface area contributed by atoms with E-state index in [2.05, 4.69) is 18.7 Å². The smallest absolute Gasteiger partial charge is 0.187 e. The van der Waals surface area contributed by atoms with Crippen molar-refractivity contribution in [2.75, 3.05) is 43.3 Å². The van der Waals surface area contributed by atoms with Crippen LogP contribution < -0.4 is 9.80 Å². The van der Waals surface area contributed by atoms with Crippen molar-refractivity contribution in [2.24, 2.45) is 4.99 Å². The van der Waals surface area contributed by atoms with Crippen LogP contribution in [0.4, 0.5) is 17.1 Å². The van der Waals surface area contributed by atoms with Crippen LogP contribution in [0.2, 0.25) is 0 Å². The van der Waals surface area contributed by atoms with E-state index in [1.807, 2.05) is 55.5 Å². The average Bonchev–Trinajstić information content (AvgIpc) is 3.17. The van der Waals surface area contributed by atoms with Gasteiger partial charge < -0.3 is 14.5 Å². The van der Waals surface area contributed by atoms with E-state index in [9.17, 15) is 8.42 Å². The van der Waals surface area contributed by atoms with Crippen LogP contribution in [0.25, 0.3) is 0 Å². The first-order chi connectivity index (χ1) is 13.6. The van der Waals surface area contributed by atoms with Crippen molar-refractivity contribution in [3.05, 3.63) is 48.0 Å². The van der Waals surface area contributed by atoms with Gasteiger partial charge in [0, 0.05) is 43.7 Å². The molecule has 0 spiro atoms. The number of ether oxygens (including phenoxy) is 1. The minimum atomic E-state index is -3.28. The zero-order chi connectivity index (χ0) is 21.0. The van der Waals surface area contributed by atoms with Gasteiger partial charge in [-0.15, -0.1) is 0 Å². The third-order valence-corrected chi connectivity index (χ3v) is 7.16. The number of sulfone groups is 1. The Morgan fingerprint density at radius 3 is 2.45 bits per heavy atom. The van der Waals surface area contributed by atoms with Crippen LogP contribution in [-0.2, 0) is 20.0 Å². The highest BCUT2D eigenvalue weighted by atomic mass is 32.2. The van der Waals surface area contributed by atoms with E-state index in [0.29, 0.717) is 11.5 Å². The van der Waals surface area contributed by atoms with Gasteiger partial charge in [-0.2, -0.15) is 0 Å². The molecule has 1 unspecified atom stereocenters. The third kappa shape index (κ3) is 3.04. The molecule has 4 rings (SSSR count). The summed E-state index contributed by atoms with van der Waals surface area (Å²) in [4.78, 5) is 9.32. The fraction of sp³-hybridized carbons (Fsp3) is 0.409. The molecule has 0 aromatic heterocycles. The van der Waals surface area contributed by atoms with E-state index in [-0.39, 0.29) is 0 Å². The van der Waals surface area contributed by atoms with Gasteiger partial charge in [-0.3, -0.25) is 4.99 Å². The highest BCUT2D eigenvalue weighted by molar-refractivity contribution is 7.90. The van der Waals surface area contributed by atoms with Crippen LogP contribution in [0.15, 0.2) is 52.4 Å². The van der Waals surface area contributed by atoms with E-state index in [4.69, 9.17) is 9.73 Å². The molecule has 2 heterocycles. The standard InChI is InChI=1S/C22H27N3O3S/c1-21(2)19-14-18(29(5,26)27)10-11-20(19)25-12-13-28-22(21,25)15-23-16-6-8-17(9-7-16)24(3)4/h6-11,14-15H,12-13H2,1-5H3/b23-15+. The zero-order valence-corrected chi connectivity index (χ0v) is 18.3. The first kappa shape index (κ1) is 19.9. The van der Waals surface area contributed by atoms with Gasteiger partial charge in [0.25, 0.3) is 0 Å². The number of anilines is 2. The topological polar surface area (TPSA) is 62.2 Å². The third-order valence-electron chi connectivity index (χ3n) is 6.05. The molecule has 2 aliphatic heterocycles. The maximum Gasteiger partial charge on any atom is 0.187 e. The van der Waals surface area contributed by atoms with Crippen molar-refractivity contribution in [1.82, 2.24) is 0 Å². The maximum atomic E-state index is 12.1. The number of hydrogen-bond acceptors (Lipinski definition) is 6. The van der Waals surface area contributed by atoms with Crippen molar-refractivity contribution in [3.8, 4) is 0 Å². The Kier molecular flexibility index (Phi) is 4.51. The minimum Gasteiger partial charge on any atom is -0.378 e. The molecule has 1 atom stereocenters. The lowest BCUT2D eigenvalue weighted by molar-refractivity contribution is 0.0206. The Hall–Kier alpha value is -2.38. The SMILES string of the molecule is CN(C)c1ccc(/N=C/C23OCCN2c2ccc(S(C)(=O)=O)cc2C3(C)C)cc1. The van der Waals surface area contributed by atoms with E-state index >= 15 is 0 Å². The summed E-state index contributed by atoms with van der Waals surface area (Å²) in [6.07, 6.45) is 3.12. The number of rotatable bonds is 4. The second-order valence-electron chi connectivity index (χ2n) is 8.44. The summed E-state index contributed by atoms with van der Waals surface area (Å²) in [5.74, 6) is 0. The molecule has 29 heavy (non-hydrogen) atoms. The Morgan fingerprint density at radius 2 is 1.83 bits per heavy atom. The molecular formula is C22H27N3O3S. The highest BCUT2D eigenvalue weighted by Gasteiger charge is 2.60. The second-order valence-corrected chi connectivity index (χ2v) is 10.5. The summed E-state index contributed by atoms with van der Waals surface area (Å²) in [5.41, 5.74) is 2.73. The number of hydrogen-bond donors (Lipinski definition) is 0. The van der Waals surface area contributed by atoms with Gasteiger partial charge in [0.1, 0.15) is 0 Å². The Balaban J connectivity index is 1.76. The number of nitrogens with zero attached hydrogens (tertiary/aromatic N) is 3. The minimum absolute atomic E-state index is 0.330. The molecule has 7 heteroatoms. The van der Waals surface area contributed by atoms with E-state index in [1.165, 1.54) is 6.26 Å². The van der Waals surface area contributed by atoms with Crippen molar-refractivity contribution in [3.63, 3.8) is 0 Å². The Morgan fingerprint density at radius 1 is 1.14 bits per heavy atom. The van der Waals surface area contributed by atoms with Gasteiger partial charge in [-0.05, 0) is 48.0 Å². The van der Waals surface area contributed by atoms with Crippen LogP contribution >= 0.6 is 0 Å². The number of aliphatic imine (C=N–C) groups is 1. The molecule has 6 nitrogen and oxygen atoms in total. The van der Waals surface area contributed by atoms with Crippen molar-refractivity contribution in [2.45, 2.75) is 29.9 Å². The molecule has 0 N–H and O–H groups in total. The maximum absolute atomic E-state index is 12.1. The molecule has 0 bridgehead atoms. The summed E-state index contributed by atoms with van der Waals surface area (Å²) < 4.78 is 30.5. The van der Waals surface area contributed by atoms with E-state index in [0.717, 1.165) is 29.2 Å². The van der Waals surface area contributed by atoms with Crippen molar-refractivity contribution in [1.29, 1.82) is 0 Å². The lowest BCUT2D eigenvalue weighted by Crippen LogP contribution is -2.54. The molecule has 2 aromatic carbocycles. The number of fused-ring (bicyclic) bond motifs is 3. The van der Waals surface area contributed by atoms with Crippen LogP contribution in [0, 0.1) is 0 Å². The number of benzene rings is 2. The molecule has 154 valence electrons. The first-order valence-electron chi connectivity index (χ1n) is 9.65. The summed E-state index contributed by atoms with van der Waals surface area (Å²) in [6, 6.07) is 13.4. The van der Waals surface area contributed by atoms with Gasteiger partial charge in [-0.25, -0.2) is 8.42 Å². The van der Waals surface area contributed by atoms with E-state index in [1.54, 1.807) is 12.1 Å². The highest BCUT2D eigenvalue weighted by Crippen LogP contribution is 2.54. The molecule has 1 fully saturated rings. The summed E-state index contributed by atoms with van der Waals surface area (Å²) in [6.45, 7) is 5.51. The van der Waals surface area contributed by atoms with E-state index < -0.39 is 21.0 Å². The van der Waals surface area contributed by atoms with Crippen LogP contribution in [0.3, 0.4) is 0 Å². The lowest BCUT2D eigenvalue weighted by Gasteiger charge is -2.38. The largest absolute Gasteiger partial charge is 0.378 e. The van der Waals surface area contributed by atoms with Crippen LogP contribution in [0.1, 0.15) is 19.4 Å². The summed E-state index contributed by atoms with van der Waals surface area (Å²) in [7, 11) is 0.728. The lowest BCUT2D eigenvalue weighted by atomic mass is 9.78. The molecule has 0 amide bonds. The second kappa shape index (κ2) is 6.57. The summed E-state index contributed by atoms with van der Waals surface area (Å²) in [5, 5.41) is 0. The Bertz CT molecular complexity index is 1070. The molecule has 0 saturated carbocycles. The van der Waals surface area contributed by atoms with Gasteiger partial charge >= 0.3 is 0 Å².